The zero-order chi connectivity index (χ0) is 14.3. The fourth-order valence-electron chi connectivity index (χ4n) is 3.15. The maximum atomic E-state index is 12.9. The Morgan fingerprint density at radius 1 is 1.35 bits per heavy atom. The van der Waals surface area contributed by atoms with E-state index in [2.05, 4.69) is 23.4 Å². The average Bonchev–Trinajstić information content (AvgIpc) is 3.17. The van der Waals surface area contributed by atoms with Crippen LogP contribution in [0.3, 0.4) is 0 Å². The molecule has 0 radical (unpaired) electrons. The average molecular weight is 276 g/mol. The highest BCUT2D eigenvalue weighted by Crippen LogP contribution is 2.37. The van der Waals surface area contributed by atoms with E-state index in [1.807, 2.05) is 17.2 Å². The first-order chi connectivity index (χ1) is 9.56. The maximum absolute atomic E-state index is 12.9. The number of rotatable bonds is 2. The molecule has 3 rings (SSSR count). The lowest BCUT2D eigenvalue weighted by molar-refractivity contribution is 0.0685. The topological polar surface area (TPSA) is 54.5 Å². The van der Waals surface area contributed by atoms with Crippen molar-refractivity contribution in [3.8, 4) is 0 Å². The van der Waals surface area contributed by atoms with Crippen molar-refractivity contribution in [2.24, 2.45) is 0 Å². The van der Waals surface area contributed by atoms with Crippen LogP contribution in [0.25, 0.3) is 0 Å². The van der Waals surface area contributed by atoms with E-state index in [-0.39, 0.29) is 11.9 Å². The maximum Gasteiger partial charge on any atom is 0.270 e. The second kappa shape index (κ2) is 5.13. The van der Waals surface area contributed by atoms with E-state index in [1.54, 1.807) is 0 Å². The molecule has 20 heavy (non-hydrogen) atoms. The summed E-state index contributed by atoms with van der Waals surface area (Å²) in [7, 11) is 2.12. The van der Waals surface area contributed by atoms with Gasteiger partial charge in [0.05, 0.1) is 5.69 Å². The predicted octanol–water partition coefficient (Wildman–Crippen LogP) is 1.57. The van der Waals surface area contributed by atoms with Gasteiger partial charge in [0.2, 0.25) is 0 Å². The molecule has 1 saturated heterocycles. The lowest BCUT2D eigenvalue weighted by atomic mass is 10.2. The van der Waals surface area contributed by atoms with Gasteiger partial charge in [0.25, 0.3) is 5.91 Å². The van der Waals surface area contributed by atoms with Gasteiger partial charge in [-0.2, -0.15) is 0 Å². The number of carbonyl (C=O) groups is 1. The molecule has 5 nitrogen and oxygen atoms in total. The molecule has 2 aliphatic rings. The quantitative estimate of drug-likeness (QED) is 0.892. The zero-order valence-electron chi connectivity index (χ0n) is 12.4. The number of carbonyl (C=O) groups excluding carboxylic acids is 1. The molecule has 1 aliphatic carbocycles. The summed E-state index contributed by atoms with van der Waals surface area (Å²) in [4.78, 5) is 17.2. The van der Waals surface area contributed by atoms with Crippen LogP contribution in [0.5, 0.6) is 0 Å². The normalized spacial score (nSPS) is 24.7. The summed E-state index contributed by atoms with van der Waals surface area (Å²) in [5.74, 6) is 0.136. The van der Waals surface area contributed by atoms with Crippen molar-refractivity contribution >= 4 is 11.6 Å². The Balaban J connectivity index is 1.84. The van der Waals surface area contributed by atoms with Gasteiger partial charge >= 0.3 is 0 Å². The fourth-order valence-corrected chi connectivity index (χ4v) is 3.15. The van der Waals surface area contributed by atoms with Crippen LogP contribution in [0.2, 0.25) is 0 Å². The van der Waals surface area contributed by atoms with Gasteiger partial charge in [-0.15, -0.1) is 0 Å². The third kappa shape index (κ3) is 2.54. The molecule has 1 unspecified atom stereocenters. The summed E-state index contributed by atoms with van der Waals surface area (Å²) in [6.45, 7) is 4.96. The summed E-state index contributed by atoms with van der Waals surface area (Å²) in [5, 5.41) is 0. The highest BCUT2D eigenvalue weighted by Gasteiger charge is 2.31. The number of nitrogens with two attached hydrogens (primary N) is 1. The monoisotopic (exact) mass is 276 g/mol. The highest BCUT2D eigenvalue weighted by molar-refractivity contribution is 5.94. The number of nitrogens with zero attached hydrogens (tertiary/aromatic N) is 3. The van der Waals surface area contributed by atoms with E-state index in [0.29, 0.717) is 11.7 Å². The van der Waals surface area contributed by atoms with Gasteiger partial charge in [-0.05, 0) is 45.8 Å². The number of aromatic nitrogens is 1. The van der Waals surface area contributed by atoms with Gasteiger partial charge in [-0.25, -0.2) is 0 Å². The molecule has 2 fully saturated rings. The molecule has 1 saturated carbocycles. The van der Waals surface area contributed by atoms with Gasteiger partial charge in [0, 0.05) is 31.4 Å². The van der Waals surface area contributed by atoms with Crippen molar-refractivity contribution in [2.75, 3.05) is 32.4 Å². The number of amides is 1. The Hall–Kier alpha value is -1.49. The first-order valence-electron chi connectivity index (χ1n) is 7.53. The molecular formula is C15H24N4O. The summed E-state index contributed by atoms with van der Waals surface area (Å²) in [6, 6.07) is 2.57. The van der Waals surface area contributed by atoms with Gasteiger partial charge < -0.3 is 20.1 Å². The van der Waals surface area contributed by atoms with Crippen molar-refractivity contribution in [3.63, 3.8) is 0 Å². The van der Waals surface area contributed by atoms with Crippen LogP contribution in [-0.4, -0.2) is 53.0 Å². The number of hydrogen-bond donors (Lipinski definition) is 1. The largest absolute Gasteiger partial charge is 0.397 e. The van der Waals surface area contributed by atoms with E-state index in [0.717, 1.165) is 44.6 Å². The summed E-state index contributed by atoms with van der Waals surface area (Å²) < 4.78 is 2.08. The van der Waals surface area contributed by atoms with Crippen LogP contribution in [-0.2, 0) is 0 Å². The SMILES string of the molecule is CC1CN(C)CCCN1C(=O)c1cc(N)cn1C1CC1. The van der Waals surface area contributed by atoms with Crippen LogP contribution < -0.4 is 5.73 Å². The Kier molecular flexibility index (Phi) is 3.46. The second-order valence-electron chi connectivity index (χ2n) is 6.26. The smallest absolute Gasteiger partial charge is 0.270 e. The third-order valence-electron chi connectivity index (χ3n) is 4.34. The van der Waals surface area contributed by atoms with Crippen molar-refractivity contribution in [3.05, 3.63) is 18.0 Å². The Morgan fingerprint density at radius 3 is 2.80 bits per heavy atom. The molecule has 2 heterocycles. The van der Waals surface area contributed by atoms with Crippen LogP contribution in [0.4, 0.5) is 5.69 Å². The molecule has 5 heteroatoms. The Labute approximate surface area is 120 Å². The van der Waals surface area contributed by atoms with Crippen molar-refractivity contribution in [2.45, 2.75) is 38.3 Å². The molecule has 2 N–H and O–H groups in total. The van der Waals surface area contributed by atoms with Crippen LogP contribution in [0.15, 0.2) is 12.3 Å². The molecule has 0 spiro atoms. The van der Waals surface area contributed by atoms with Crippen LogP contribution in [0.1, 0.15) is 42.7 Å². The molecule has 1 atom stereocenters. The lowest BCUT2D eigenvalue weighted by Crippen LogP contribution is -2.42. The Morgan fingerprint density at radius 2 is 2.10 bits per heavy atom. The third-order valence-corrected chi connectivity index (χ3v) is 4.34. The number of anilines is 1. The fraction of sp³-hybridized carbons (Fsp3) is 0.667. The molecule has 110 valence electrons. The summed E-state index contributed by atoms with van der Waals surface area (Å²) in [5.41, 5.74) is 7.36. The minimum absolute atomic E-state index is 0.136. The minimum Gasteiger partial charge on any atom is -0.397 e. The van der Waals surface area contributed by atoms with Gasteiger partial charge in [0.1, 0.15) is 5.69 Å². The number of likely N-dealkylation sites (N-methyl/N-ethyl adjacent to an activating group) is 1. The van der Waals surface area contributed by atoms with Crippen LogP contribution >= 0.6 is 0 Å². The molecule has 1 amide bonds. The summed E-state index contributed by atoms with van der Waals surface area (Å²) in [6.07, 6.45) is 5.27. The van der Waals surface area contributed by atoms with Gasteiger partial charge in [-0.3, -0.25) is 4.79 Å². The second-order valence-corrected chi connectivity index (χ2v) is 6.26. The van der Waals surface area contributed by atoms with Gasteiger partial charge in [-0.1, -0.05) is 0 Å². The predicted molar refractivity (Wildman–Crippen MR) is 79.7 cm³/mol. The first kappa shape index (κ1) is 13.5. The van der Waals surface area contributed by atoms with Gasteiger partial charge in [0.15, 0.2) is 0 Å². The van der Waals surface area contributed by atoms with Crippen molar-refractivity contribution < 1.29 is 4.79 Å². The minimum atomic E-state index is 0.136. The first-order valence-corrected chi connectivity index (χ1v) is 7.53. The molecule has 1 aromatic rings. The van der Waals surface area contributed by atoms with Crippen LogP contribution in [0, 0.1) is 0 Å². The molecule has 1 aliphatic heterocycles. The zero-order valence-corrected chi connectivity index (χ0v) is 12.4. The van der Waals surface area contributed by atoms with E-state index in [1.165, 1.54) is 0 Å². The highest BCUT2D eigenvalue weighted by atomic mass is 16.2. The molecule has 1 aromatic heterocycles. The van der Waals surface area contributed by atoms with E-state index < -0.39 is 0 Å². The molecule has 0 bridgehead atoms. The molecular weight excluding hydrogens is 252 g/mol. The van der Waals surface area contributed by atoms with E-state index >= 15 is 0 Å². The van der Waals surface area contributed by atoms with E-state index in [9.17, 15) is 4.79 Å². The van der Waals surface area contributed by atoms with E-state index in [4.69, 9.17) is 5.73 Å². The van der Waals surface area contributed by atoms with Crippen molar-refractivity contribution in [1.82, 2.24) is 14.4 Å². The lowest BCUT2D eigenvalue weighted by Gasteiger charge is -2.28. The summed E-state index contributed by atoms with van der Waals surface area (Å²) >= 11 is 0. The standard InChI is InChI=1S/C15H24N4O/c1-11-9-17(2)6-3-7-18(11)15(20)14-8-12(16)10-19(14)13-4-5-13/h8,10-11,13H,3-7,9,16H2,1-2H3. The number of hydrogen-bond acceptors (Lipinski definition) is 3. The number of nitrogen functional groups attached to an aromatic ring is 1. The Bertz CT molecular complexity index is 506. The van der Waals surface area contributed by atoms with Crippen molar-refractivity contribution in [1.29, 1.82) is 0 Å². The molecule has 0 aromatic carbocycles.